The number of benzene rings is 7. The zero-order valence-corrected chi connectivity index (χ0v) is 81.5. The fraction of sp³-hybridized carbons (Fsp3) is 0.489. The minimum absolute atomic E-state index is 0. The van der Waals surface area contributed by atoms with Crippen LogP contribution in [0, 0.1) is 0 Å². The minimum atomic E-state index is -1.06. The van der Waals surface area contributed by atoms with Gasteiger partial charge in [0.1, 0.15) is 41.2 Å². The maximum atomic E-state index is 12.4. The molecule has 0 atom stereocenters. The van der Waals surface area contributed by atoms with Crippen molar-refractivity contribution in [2.75, 3.05) is 87.4 Å². The summed E-state index contributed by atoms with van der Waals surface area (Å²) in [6, 6.07) is 39.8. The number of alkyl halides is 1. The van der Waals surface area contributed by atoms with Gasteiger partial charge in [-0.2, -0.15) is 0 Å². The largest absolute Gasteiger partial charge is 1.00 e. The Morgan fingerprint density at radius 1 is 0.361 bits per heavy atom. The van der Waals surface area contributed by atoms with E-state index in [0.717, 1.165) is 130 Å². The molecule has 7 aromatic carbocycles. The van der Waals surface area contributed by atoms with E-state index < -0.39 is 40.3 Å². The Labute approximate surface area is 771 Å². The predicted octanol–water partition coefficient (Wildman–Crippen LogP) is 16.4. The number of nitrogens with zero attached hydrogens (tertiary/aromatic N) is 3. The average molecular weight is 1860 g/mol. The van der Waals surface area contributed by atoms with Gasteiger partial charge < -0.3 is 103 Å². The molecule has 670 valence electrons. The Morgan fingerprint density at radius 3 is 0.943 bits per heavy atom. The van der Waals surface area contributed by atoms with Crippen molar-refractivity contribution >= 4 is 78.0 Å². The topological polar surface area (TPSA) is 278 Å². The van der Waals surface area contributed by atoms with Crippen molar-refractivity contribution in [1.29, 1.82) is 0 Å². The summed E-state index contributed by atoms with van der Waals surface area (Å²) in [5.74, 6) is 7.05. The van der Waals surface area contributed by atoms with E-state index in [0.29, 0.717) is 71.1 Å². The van der Waals surface area contributed by atoms with Crippen molar-refractivity contribution in [2.45, 2.75) is 210 Å². The normalized spacial score (nSPS) is 13.4. The molecule has 0 bridgehead atoms. The SMILES string of the molecule is CC(C)(C)OC(=O)OC(=O)OC(C)(C)C.CI.COc1ccc2c(c1O)CCN(C(=O)OC(C)(C)C)C2.COc1ccc2c(c1OC)CCN(C(=O)OC(C)(C)C)C2.COc1ccc2c(c1OC)CCNC2.COc1ccc2c(c1OCc1ccccc1)CCN(C(=O)OC(C)(C)C)C2.COc1ccc2c(c1OCc1ccccc1)CCNC2.Cl.Cl.[H-].[Na+]. The number of amides is 3. The van der Waals surface area contributed by atoms with Gasteiger partial charge in [0.15, 0.2) is 57.5 Å². The first-order valence-corrected chi connectivity index (χ1v) is 41.9. The third-order valence-electron chi connectivity index (χ3n) is 18.2. The molecule has 3 amide bonds. The van der Waals surface area contributed by atoms with Crippen LogP contribution >= 0.6 is 47.4 Å². The number of halogens is 3. The van der Waals surface area contributed by atoms with E-state index in [1.165, 1.54) is 34.9 Å². The molecule has 0 fully saturated rings. The maximum absolute atomic E-state index is 12.4. The van der Waals surface area contributed by atoms with Crippen molar-refractivity contribution in [2.24, 2.45) is 0 Å². The van der Waals surface area contributed by atoms with Crippen LogP contribution in [-0.4, -0.2) is 166 Å². The number of carbonyl (C=O) groups is 5. The van der Waals surface area contributed by atoms with Gasteiger partial charge in [0.2, 0.25) is 0 Å². The molecule has 0 radical (unpaired) electrons. The summed E-state index contributed by atoms with van der Waals surface area (Å²) in [6.45, 7) is 34.9. The molecule has 5 heterocycles. The van der Waals surface area contributed by atoms with Crippen LogP contribution in [0.25, 0.3) is 0 Å². The third-order valence-corrected chi connectivity index (χ3v) is 18.2. The Kier molecular flexibility index (Phi) is 44.9. The molecule has 0 unspecified atom stereocenters. The van der Waals surface area contributed by atoms with Crippen LogP contribution in [0.2, 0.25) is 0 Å². The molecule has 0 saturated heterocycles. The number of hydrogen-bond acceptors (Lipinski definition) is 23. The number of phenols is 1. The summed E-state index contributed by atoms with van der Waals surface area (Å²) in [6.07, 6.45) is 1.03. The predicted molar refractivity (Wildman–Crippen MR) is 482 cm³/mol. The number of carbonyl (C=O) groups excluding carboxylic acids is 5. The molecule has 0 aliphatic carbocycles. The van der Waals surface area contributed by atoms with Gasteiger partial charge in [-0.1, -0.05) is 114 Å². The second-order valence-electron chi connectivity index (χ2n) is 33.0. The number of nitrogens with one attached hydrogen (secondary N) is 2. The molecular formula is C92H129Cl2IN5NaO21. The van der Waals surface area contributed by atoms with E-state index in [9.17, 15) is 29.1 Å². The summed E-state index contributed by atoms with van der Waals surface area (Å²) >= 11 is 2.15. The van der Waals surface area contributed by atoms with E-state index in [2.05, 4.69) is 62.2 Å². The smallest absolute Gasteiger partial charge is 1.00 e. The molecule has 30 heteroatoms. The molecule has 5 aliphatic heterocycles. The number of ether oxygens (including phenoxy) is 15. The quantitative estimate of drug-likeness (QED) is 0.0241. The molecule has 26 nitrogen and oxygen atoms in total. The van der Waals surface area contributed by atoms with Crippen LogP contribution in [0.3, 0.4) is 0 Å². The van der Waals surface area contributed by atoms with E-state index in [-0.39, 0.29) is 79.8 Å². The number of fused-ring (bicyclic) bond motifs is 5. The summed E-state index contributed by atoms with van der Waals surface area (Å²) < 4.78 is 79.7. The van der Waals surface area contributed by atoms with Crippen LogP contribution in [0.1, 0.15) is 172 Å². The Balaban J connectivity index is 0.000000500. The van der Waals surface area contributed by atoms with E-state index in [1.807, 2.05) is 158 Å². The summed E-state index contributed by atoms with van der Waals surface area (Å²) in [5.41, 5.74) is 10.7. The third kappa shape index (κ3) is 34.4. The van der Waals surface area contributed by atoms with Gasteiger partial charge in [-0.05, 0) is 223 Å². The first kappa shape index (κ1) is 108. The van der Waals surface area contributed by atoms with Gasteiger partial charge in [-0.3, -0.25) is 0 Å². The van der Waals surface area contributed by atoms with Gasteiger partial charge in [0, 0.05) is 80.2 Å². The van der Waals surface area contributed by atoms with Gasteiger partial charge in [0.25, 0.3) is 0 Å². The van der Waals surface area contributed by atoms with Crippen molar-refractivity contribution in [3.8, 4) is 57.5 Å². The molecule has 5 aliphatic rings. The standard InChI is InChI=1S/C22H27NO4.C17H19NO2.C16H23NO4.C15H21NO4.C11H15NO2.C10H18O5.CH3I.2ClH.Na.H/c1-22(2,3)27-21(24)23-13-12-18-17(14-23)10-11-19(25-4)20(18)26-15-16-8-6-5-7-9-16;1-19-16-8-7-14-11-18-10-9-15(14)17(16)20-12-13-5-3-2-4-6-13;1-16(2,3)21-15(18)17-9-8-12-11(10-17)6-7-13(19-4)14(12)20-5;1-15(2,3)20-14(18)16-8-7-11-10(9-16)5-6-12(19-4)13(11)17;1-13-10-4-3-8-7-12-6-5-9(8)11(10)14-2;1-9(2,3)14-7(11)13-8(12)15-10(4,5)6;1-2;;;;/h5-11H,12-15H2,1-4H3;2-8,18H,9-12H2,1H3;6-7H,8-10H2,1-5H3;5-6,17H,7-9H2,1-4H3;3-4,12H,5-7H2,1-2H3;1-6H3;1H3;2*1H;;/q;;;;;;;;;+1;-1. The molecule has 7 aromatic rings. The number of methoxy groups -OCH3 is 7. The van der Waals surface area contributed by atoms with Crippen molar-refractivity contribution in [1.82, 2.24) is 25.3 Å². The monoisotopic (exact) mass is 1860 g/mol. The second kappa shape index (κ2) is 50.9. The van der Waals surface area contributed by atoms with Gasteiger partial charge in [-0.25, -0.2) is 24.0 Å². The minimum Gasteiger partial charge on any atom is -1.00 e. The van der Waals surface area contributed by atoms with Crippen LogP contribution in [0.5, 0.6) is 57.5 Å². The molecule has 0 aromatic heterocycles. The first-order valence-electron chi connectivity index (χ1n) is 39.7. The zero-order valence-electron chi connectivity index (χ0n) is 76.7. The van der Waals surface area contributed by atoms with Crippen LogP contribution in [0.15, 0.2) is 121 Å². The molecule has 12 rings (SSSR count). The first-order chi connectivity index (χ1) is 56.3. The number of aromatic hydroxyl groups is 1. The van der Waals surface area contributed by atoms with E-state index >= 15 is 0 Å². The van der Waals surface area contributed by atoms with Crippen LogP contribution in [0.4, 0.5) is 24.0 Å². The van der Waals surface area contributed by atoms with Gasteiger partial charge >= 0.3 is 60.1 Å². The van der Waals surface area contributed by atoms with Crippen molar-refractivity contribution < 1.29 is 131 Å². The van der Waals surface area contributed by atoms with Gasteiger partial charge in [-0.15, -0.1) is 24.8 Å². The maximum Gasteiger partial charge on any atom is 1.00 e. The summed E-state index contributed by atoms with van der Waals surface area (Å²) in [7, 11) is 11.5. The summed E-state index contributed by atoms with van der Waals surface area (Å²) in [5, 5.41) is 16.8. The van der Waals surface area contributed by atoms with Crippen molar-refractivity contribution in [3.05, 3.63) is 188 Å². The van der Waals surface area contributed by atoms with Crippen molar-refractivity contribution in [3.63, 3.8) is 0 Å². The molecule has 122 heavy (non-hydrogen) atoms. The Morgan fingerprint density at radius 2 is 0.631 bits per heavy atom. The van der Waals surface area contributed by atoms with Gasteiger partial charge in [0.05, 0.1) is 49.8 Å². The summed E-state index contributed by atoms with van der Waals surface area (Å²) in [4.78, 5) is 65.7. The Bertz CT molecular complexity index is 4420. The Hall–Kier alpha value is -8.68. The van der Waals surface area contributed by atoms with E-state index in [1.54, 1.807) is 105 Å². The molecule has 0 saturated carbocycles. The number of hydrogen-bond donors (Lipinski definition) is 3. The average Bonchev–Trinajstić information content (AvgIpc) is 0.781. The molecule has 3 N–H and O–H groups in total. The number of rotatable bonds is 13. The molecule has 0 spiro atoms. The van der Waals surface area contributed by atoms with Crippen LogP contribution < -0.4 is 82.8 Å². The van der Waals surface area contributed by atoms with E-state index in [4.69, 9.17) is 66.3 Å². The fourth-order valence-electron chi connectivity index (χ4n) is 13.0. The fourth-order valence-corrected chi connectivity index (χ4v) is 13.0. The van der Waals surface area contributed by atoms with Crippen LogP contribution in [-0.2, 0) is 106 Å². The zero-order chi connectivity index (χ0) is 88.0. The number of phenolic OH excluding ortho intramolecular Hbond substituents is 1. The molecular weight excluding hydrogens is 1730 g/mol. The second-order valence-corrected chi connectivity index (χ2v) is 33.0.